The molecular weight excluding hydrogens is 252 g/mol. The van der Waals surface area contributed by atoms with Crippen molar-refractivity contribution in [1.29, 1.82) is 0 Å². The quantitative estimate of drug-likeness (QED) is 0.603. The molecule has 1 rings (SSSR count). The van der Waals surface area contributed by atoms with Crippen molar-refractivity contribution in [2.24, 2.45) is 0 Å². The van der Waals surface area contributed by atoms with E-state index >= 15 is 0 Å². The predicted octanol–water partition coefficient (Wildman–Crippen LogP) is 2.02. The molecule has 0 aliphatic heterocycles. The molecule has 1 aliphatic rings. The molecule has 0 aromatic rings. The number of ether oxygens (including phenoxy) is 1. The molecule has 1 fully saturated rings. The van der Waals surface area contributed by atoms with Gasteiger partial charge in [-0.3, -0.25) is 0 Å². The van der Waals surface area contributed by atoms with Crippen molar-refractivity contribution in [3.63, 3.8) is 0 Å². The number of hydrogen-bond donors (Lipinski definition) is 2. The first-order valence-corrected chi connectivity index (χ1v) is 8.30. The summed E-state index contributed by atoms with van der Waals surface area (Å²) in [6.07, 6.45) is 7.37. The molecule has 1 aliphatic carbocycles. The molecule has 1 saturated carbocycles. The van der Waals surface area contributed by atoms with Gasteiger partial charge in [0.25, 0.3) is 0 Å². The molecule has 120 valence electrons. The van der Waals surface area contributed by atoms with Crippen LogP contribution >= 0.6 is 0 Å². The second-order valence-corrected chi connectivity index (χ2v) is 6.38. The highest BCUT2D eigenvalue weighted by Gasteiger charge is 2.15. The van der Waals surface area contributed by atoms with Crippen LogP contribution in [0.2, 0.25) is 0 Å². The van der Waals surface area contributed by atoms with Gasteiger partial charge in [0.2, 0.25) is 0 Å². The minimum Gasteiger partial charge on any atom is -0.389 e. The van der Waals surface area contributed by atoms with E-state index in [1.165, 1.54) is 32.1 Å². The van der Waals surface area contributed by atoms with Crippen molar-refractivity contribution >= 4 is 0 Å². The predicted molar refractivity (Wildman–Crippen MR) is 84.1 cm³/mol. The molecule has 0 saturated heterocycles. The lowest BCUT2D eigenvalue weighted by molar-refractivity contribution is -0.0229. The number of nitrogens with zero attached hydrogens (tertiary/aromatic N) is 1. The molecule has 20 heavy (non-hydrogen) atoms. The zero-order valence-corrected chi connectivity index (χ0v) is 13.6. The highest BCUT2D eigenvalue weighted by Crippen LogP contribution is 2.20. The monoisotopic (exact) mass is 286 g/mol. The van der Waals surface area contributed by atoms with E-state index in [2.05, 4.69) is 31.1 Å². The summed E-state index contributed by atoms with van der Waals surface area (Å²) in [7, 11) is 2.15. The highest BCUT2D eigenvalue weighted by molar-refractivity contribution is 4.67. The standard InChI is InChI=1S/C16H34N2O2/c1-14(2)18(3)11-7-10-17-12-15(19)13-20-16-8-5-4-6-9-16/h14-17,19H,4-13H2,1-3H3. The van der Waals surface area contributed by atoms with Crippen molar-refractivity contribution in [1.82, 2.24) is 10.2 Å². The SMILES string of the molecule is CC(C)N(C)CCCNCC(O)COC1CCCCC1. The Labute approximate surface area is 124 Å². The van der Waals surface area contributed by atoms with E-state index in [4.69, 9.17) is 4.74 Å². The van der Waals surface area contributed by atoms with Crippen LogP contribution < -0.4 is 5.32 Å². The molecule has 0 bridgehead atoms. The average molecular weight is 286 g/mol. The molecule has 0 amide bonds. The molecule has 0 radical (unpaired) electrons. The molecule has 1 atom stereocenters. The van der Waals surface area contributed by atoms with E-state index in [9.17, 15) is 5.11 Å². The lowest BCUT2D eigenvalue weighted by Crippen LogP contribution is -2.34. The van der Waals surface area contributed by atoms with Gasteiger partial charge >= 0.3 is 0 Å². The summed E-state index contributed by atoms with van der Waals surface area (Å²) >= 11 is 0. The maximum absolute atomic E-state index is 9.88. The zero-order chi connectivity index (χ0) is 14.8. The van der Waals surface area contributed by atoms with Crippen LogP contribution in [0.4, 0.5) is 0 Å². The second kappa shape index (κ2) is 10.6. The zero-order valence-electron chi connectivity index (χ0n) is 13.6. The van der Waals surface area contributed by atoms with E-state index in [0.29, 0.717) is 25.3 Å². The maximum atomic E-state index is 9.88. The maximum Gasteiger partial charge on any atom is 0.0897 e. The molecule has 2 N–H and O–H groups in total. The van der Waals surface area contributed by atoms with Crippen molar-refractivity contribution in [3.05, 3.63) is 0 Å². The minimum atomic E-state index is -0.375. The first-order valence-electron chi connectivity index (χ1n) is 8.30. The van der Waals surface area contributed by atoms with Gasteiger partial charge in [0.15, 0.2) is 0 Å². The van der Waals surface area contributed by atoms with Crippen LogP contribution in [0.25, 0.3) is 0 Å². The van der Waals surface area contributed by atoms with Gasteiger partial charge in [0.1, 0.15) is 0 Å². The fourth-order valence-electron chi connectivity index (χ4n) is 2.52. The molecule has 0 spiro atoms. The van der Waals surface area contributed by atoms with Crippen LogP contribution in [-0.2, 0) is 4.74 Å². The van der Waals surface area contributed by atoms with Crippen molar-refractivity contribution in [2.45, 2.75) is 70.6 Å². The number of aliphatic hydroxyl groups is 1. The Bertz CT molecular complexity index is 231. The minimum absolute atomic E-state index is 0.375. The molecule has 0 aromatic heterocycles. The first-order chi connectivity index (χ1) is 9.59. The van der Waals surface area contributed by atoms with Gasteiger partial charge in [-0.1, -0.05) is 19.3 Å². The van der Waals surface area contributed by atoms with E-state index in [-0.39, 0.29) is 6.10 Å². The molecule has 0 aromatic carbocycles. The fraction of sp³-hybridized carbons (Fsp3) is 1.00. The molecule has 4 nitrogen and oxygen atoms in total. The number of hydrogen-bond acceptors (Lipinski definition) is 4. The second-order valence-electron chi connectivity index (χ2n) is 6.38. The third-order valence-electron chi connectivity index (χ3n) is 4.20. The van der Waals surface area contributed by atoms with Crippen molar-refractivity contribution < 1.29 is 9.84 Å². The van der Waals surface area contributed by atoms with Gasteiger partial charge in [-0.2, -0.15) is 0 Å². The normalized spacial score (nSPS) is 18.9. The van der Waals surface area contributed by atoms with E-state index in [0.717, 1.165) is 19.5 Å². The summed E-state index contributed by atoms with van der Waals surface area (Å²) in [5, 5.41) is 13.2. The van der Waals surface area contributed by atoms with E-state index in [1.807, 2.05) is 0 Å². The van der Waals surface area contributed by atoms with Gasteiger partial charge in [0.05, 0.1) is 18.8 Å². The van der Waals surface area contributed by atoms with Gasteiger partial charge in [-0.15, -0.1) is 0 Å². The van der Waals surface area contributed by atoms with Crippen LogP contribution in [0, 0.1) is 0 Å². The Balaban J connectivity index is 1.93. The van der Waals surface area contributed by atoms with E-state index in [1.54, 1.807) is 0 Å². The third kappa shape index (κ3) is 8.20. The van der Waals surface area contributed by atoms with Crippen LogP contribution in [0.3, 0.4) is 0 Å². The lowest BCUT2D eigenvalue weighted by Gasteiger charge is -2.23. The summed E-state index contributed by atoms with van der Waals surface area (Å²) in [5.41, 5.74) is 0. The largest absolute Gasteiger partial charge is 0.389 e. The van der Waals surface area contributed by atoms with Crippen LogP contribution in [-0.4, -0.2) is 61.5 Å². The Morgan fingerprint density at radius 2 is 1.95 bits per heavy atom. The Morgan fingerprint density at radius 1 is 1.25 bits per heavy atom. The van der Waals surface area contributed by atoms with Gasteiger partial charge in [-0.25, -0.2) is 0 Å². The number of aliphatic hydroxyl groups excluding tert-OH is 1. The number of rotatable bonds is 10. The smallest absolute Gasteiger partial charge is 0.0897 e. The van der Waals surface area contributed by atoms with Crippen molar-refractivity contribution in [3.8, 4) is 0 Å². The lowest BCUT2D eigenvalue weighted by atomic mass is 9.98. The van der Waals surface area contributed by atoms with Crippen LogP contribution in [0.1, 0.15) is 52.4 Å². The Kier molecular flexibility index (Phi) is 9.44. The summed E-state index contributed by atoms with van der Waals surface area (Å²) in [6, 6.07) is 0.601. The molecule has 4 heteroatoms. The highest BCUT2D eigenvalue weighted by atomic mass is 16.5. The molecule has 0 heterocycles. The Hall–Kier alpha value is -0.160. The van der Waals surface area contributed by atoms with Crippen LogP contribution in [0.15, 0.2) is 0 Å². The van der Waals surface area contributed by atoms with Crippen LogP contribution in [0.5, 0.6) is 0 Å². The van der Waals surface area contributed by atoms with Crippen molar-refractivity contribution in [2.75, 3.05) is 33.3 Å². The van der Waals surface area contributed by atoms with E-state index < -0.39 is 0 Å². The summed E-state index contributed by atoms with van der Waals surface area (Å²) in [5.74, 6) is 0. The summed E-state index contributed by atoms with van der Waals surface area (Å²) < 4.78 is 5.77. The average Bonchev–Trinajstić information content (AvgIpc) is 2.45. The fourth-order valence-corrected chi connectivity index (χ4v) is 2.52. The van der Waals surface area contributed by atoms with Gasteiger partial charge in [0, 0.05) is 12.6 Å². The number of nitrogens with one attached hydrogen (secondary N) is 1. The summed E-state index contributed by atoms with van der Waals surface area (Å²) in [4.78, 5) is 2.34. The molecule has 1 unspecified atom stereocenters. The Morgan fingerprint density at radius 3 is 2.60 bits per heavy atom. The topological polar surface area (TPSA) is 44.7 Å². The third-order valence-corrected chi connectivity index (χ3v) is 4.20. The van der Waals surface area contributed by atoms with Gasteiger partial charge < -0.3 is 20.1 Å². The van der Waals surface area contributed by atoms with Gasteiger partial charge in [-0.05, 0) is 53.2 Å². The molecular formula is C16H34N2O2. The summed E-state index contributed by atoms with van der Waals surface area (Å²) in [6.45, 7) is 7.58. The first kappa shape index (κ1) is 17.9.